The van der Waals surface area contributed by atoms with Crippen LogP contribution in [0, 0.1) is 29.6 Å². The molecule has 16 heavy (non-hydrogen) atoms. The van der Waals surface area contributed by atoms with Crippen LogP contribution in [0.15, 0.2) is 12.2 Å². The van der Waals surface area contributed by atoms with Crippen molar-refractivity contribution in [3.63, 3.8) is 0 Å². The summed E-state index contributed by atoms with van der Waals surface area (Å²) in [6, 6.07) is 0.396. The Morgan fingerprint density at radius 3 is 2.06 bits per heavy atom. The number of hydrogen-bond acceptors (Lipinski definition) is 1. The molecule has 2 N–H and O–H groups in total. The van der Waals surface area contributed by atoms with E-state index in [1.807, 2.05) is 0 Å². The summed E-state index contributed by atoms with van der Waals surface area (Å²) < 4.78 is 0. The highest BCUT2D eigenvalue weighted by atomic mass is 14.7. The van der Waals surface area contributed by atoms with Crippen LogP contribution in [-0.4, -0.2) is 6.04 Å². The topological polar surface area (TPSA) is 26.0 Å². The van der Waals surface area contributed by atoms with Gasteiger partial charge >= 0.3 is 0 Å². The van der Waals surface area contributed by atoms with Crippen molar-refractivity contribution in [1.29, 1.82) is 0 Å². The molecule has 1 unspecified atom stereocenters. The summed E-state index contributed by atoms with van der Waals surface area (Å²) in [6.07, 6.45) is 8.54. The fraction of sp³-hybridized carbons (Fsp3) is 0.867. The molecule has 1 heteroatoms. The van der Waals surface area contributed by atoms with E-state index < -0.39 is 0 Å². The molecule has 0 aromatic heterocycles. The first kappa shape index (κ1) is 10.8. The van der Waals surface area contributed by atoms with Crippen LogP contribution in [-0.2, 0) is 0 Å². The third-order valence-electron chi connectivity index (χ3n) is 5.38. The summed E-state index contributed by atoms with van der Waals surface area (Å²) in [5.74, 6) is 4.88. The zero-order chi connectivity index (χ0) is 11.3. The predicted octanol–water partition coefficient (Wildman–Crippen LogP) is 3.35. The second-order valence-electron chi connectivity index (χ2n) is 6.83. The third kappa shape index (κ3) is 1.73. The van der Waals surface area contributed by atoms with Crippen molar-refractivity contribution in [3.8, 4) is 0 Å². The molecule has 1 nitrogen and oxygen atoms in total. The lowest BCUT2D eigenvalue weighted by molar-refractivity contribution is -0.0464. The van der Waals surface area contributed by atoms with Gasteiger partial charge in [0.2, 0.25) is 0 Å². The van der Waals surface area contributed by atoms with E-state index >= 15 is 0 Å². The molecule has 4 rings (SSSR count). The van der Waals surface area contributed by atoms with Crippen LogP contribution in [0.25, 0.3) is 0 Å². The van der Waals surface area contributed by atoms with Gasteiger partial charge in [-0.1, -0.05) is 5.57 Å². The Morgan fingerprint density at radius 2 is 1.62 bits per heavy atom. The minimum Gasteiger partial charge on any atom is -0.327 e. The van der Waals surface area contributed by atoms with E-state index in [-0.39, 0.29) is 0 Å². The zero-order valence-electron chi connectivity index (χ0n) is 10.5. The fourth-order valence-electron chi connectivity index (χ4n) is 5.20. The molecule has 4 saturated carbocycles. The van der Waals surface area contributed by atoms with Gasteiger partial charge in [-0.3, -0.25) is 0 Å². The van der Waals surface area contributed by atoms with Crippen molar-refractivity contribution in [3.05, 3.63) is 12.2 Å². The Balaban J connectivity index is 1.73. The maximum atomic E-state index is 6.44. The molecule has 0 amide bonds. The maximum absolute atomic E-state index is 6.44. The normalized spacial score (nSPS) is 47.0. The largest absolute Gasteiger partial charge is 0.327 e. The minimum absolute atomic E-state index is 0.396. The predicted molar refractivity (Wildman–Crippen MR) is 67.9 cm³/mol. The highest BCUT2D eigenvalue weighted by Crippen LogP contribution is 2.57. The van der Waals surface area contributed by atoms with Crippen molar-refractivity contribution < 1.29 is 0 Å². The van der Waals surface area contributed by atoms with Gasteiger partial charge in [0.1, 0.15) is 0 Å². The standard InChI is InChI=1S/C15H25N/c1-9(2)3-14(16)15-12-5-10-4-11(7-12)8-13(15)6-10/h10-15H,1,3-8,16H2,2H3. The average Bonchev–Trinajstić information content (AvgIpc) is 2.13. The van der Waals surface area contributed by atoms with Crippen LogP contribution in [0.3, 0.4) is 0 Å². The molecule has 0 aromatic rings. The lowest BCUT2D eigenvalue weighted by atomic mass is 9.50. The number of nitrogens with two attached hydrogens (primary N) is 1. The van der Waals surface area contributed by atoms with Crippen molar-refractivity contribution in [1.82, 2.24) is 0 Å². The molecule has 0 radical (unpaired) electrons. The molecule has 0 heterocycles. The molecule has 4 fully saturated rings. The summed E-state index contributed by atoms with van der Waals surface area (Å²) in [5, 5.41) is 0. The quantitative estimate of drug-likeness (QED) is 0.724. The first-order chi connectivity index (χ1) is 7.63. The van der Waals surface area contributed by atoms with Gasteiger partial charge in [0, 0.05) is 6.04 Å². The molecule has 4 bridgehead atoms. The van der Waals surface area contributed by atoms with E-state index in [0.29, 0.717) is 6.04 Å². The van der Waals surface area contributed by atoms with Crippen LogP contribution in [0.5, 0.6) is 0 Å². The SMILES string of the molecule is C=C(C)CC(N)C1C2CC3CC(C2)CC1C3. The van der Waals surface area contributed by atoms with E-state index in [2.05, 4.69) is 13.5 Å². The van der Waals surface area contributed by atoms with Gasteiger partial charge < -0.3 is 5.73 Å². The highest BCUT2D eigenvalue weighted by molar-refractivity contribution is 5.04. The number of hydrogen-bond donors (Lipinski definition) is 1. The van der Waals surface area contributed by atoms with Crippen molar-refractivity contribution in [2.45, 2.75) is 51.5 Å². The average molecular weight is 219 g/mol. The maximum Gasteiger partial charge on any atom is 0.0110 e. The zero-order valence-corrected chi connectivity index (χ0v) is 10.5. The van der Waals surface area contributed by atoms with Crippen molar-refractivity contribution in [2.24, 2.45) is 35.3 Å². The second kappa shape index (κ2) is 3.87. The summed E-state index contributed by atoms with van der Waals surface area (Å²) in [7, 11) is 0. The summed E-state index contributed by atoms with van der Waals surface area (Å²) in [5.41, 5.74) is 7.70. The van der Waals surface area contributed by atoms with Crippen LogP contribution < -0.4 is 5.73 Å². The van der Waals surface area contributed by atoms with Gasteiger partial charge in [0.15, 0.2) is 0 Å². The third-order valence-corrected chi connectivity index (χ3v) is 5.38. The van der Waals surface area contributed by atoms with Gasteiger partial charge in [-0.2, -0.15) is 0 Å². The van der Waals surface area contributed by atoms with Crippen molar-refractivity contribution in [2.75, 3.05) is 0 Å². The molecular formula is C15H25N. The first-order valence-corrected chi connectivity index (χ1v) is 7.03. The Bertz CT molecular complexity index is 266. The molecule has 1 atom stereocenters. The van der Waals surface area contributed by atoms with E-state index in [0.717, 1.165) is 36.0 Å². The summed E-state index contributed by atoms with van der Waals surface area (Å²) in [4.78, 5) is 0. The lowest BCUT2D eigenvalue weighted by Gasteiger charge is -2.56. The molecule has 0 aliphatic heterocycles. The van der Waals surface area contributed by atoms with E-state index in [1.54, 1.807) is 0 Å². The van der Waals surface area contributed by atoms with E-state index in [9.17, 15) is 0 Å². The number of rotatable bonds is 3. The summed E-state index contributed by atoms with van der Waals surface area (Å²) in [6.45, 7) is 6.15. The summed E-state index contributed by atoms with van der Waals surface area (Å²) >= 11 is 0. The van der Waals surface area contributed by atoms with Crippen LogP contribution in [0.1, 0.15) is 45.4 Å². The molecular weight excluding hydrogens is 194 g/mol. The van der Waals surface area contributed by atoms with Crippen LogP contribution in [0.4, 0.5) is 0 Å². The molecule has 4 aliphatic rings. The van der Waals surface area contributed by atoms with E-state index in [1.165, 1.54) is 37.7 Å². The van der Waals surface area contributed by atoms with Gasteiger partial charge in [0.25, 0.3) is 0 Å². The van der Waals surface area contributed by atoms with Gasteiger partial charge in [-0.15, -0.1) is 6.58 Å². The highest BCUT2D eigenvalue weighted by Gasteiger charge is 2.49. The Morgan fingerprint density at radius 1 is 1.12 bits per heavy atom. The monoisotopic (exact) mass is 219 g/mol. The Hall–Kier alpha value is -0.300. The molecule has 0 aromatic carbocycles. The fourth-order valence-corrected chi connectivity index (χ4v) is 5.20. The van der Waals surface area contributed by atoms with Crippen molar-refractivity contribution >= 4 is 0 Å². The second-order valence-corrected chi connectivity index (χ2v) is 6.83. The first-order valence-electron chi connectivity index (χ1n) is 7.03. The van der Waals surface area contributed by atoms with Gasteiger partial charge in [-0.25, -0.2) is 0 Å². The molecule has 0 spiro atoms. The van der Waals surface area contributed by atoms with Gasteiger partial charge in [-0.05, 0) is 75.0 Å². The van der Waals surface area contributed by atoms with Crippen LogP contribution in [0.2, 0.25) is 0 Å². The minimum atomic E-state index is 0.396. The van der Waals surface area contributed by atoms with Crippen LogP contribution >= 0.6 is 0 Å². The lowest BCUT2D eigenvalue weighted by Crippen LogP contribution is -2.51. The molecule has 4 aliphatic carbocycles. The Labute approximate surface area is 99.5 Å². The Kier molecular flexibility index (Phi) is 2.62. The molecule has 90 valence electrons. The molecule has 0 saturated heterocycles. The van der Waals surface area contributed by atoms with Gasteiger partial charge in [0.05, 0.1) is 0 Å². The smallest absolute Gasteiger partial charge is 0.0110 e. The van der Waals surface area contributed by atoms with E-state index in [4.69, 9.17) is 5.73 Å².